The van der Waals surface area contributed by atoms with Gasteiger partial charge in [-0.25, -0.2) is 0 Å². The Hall–Kier alpha value is -2.21. The summed E-state index contributed by atoms with van der Waals surface area (Å²) in [6.07, 6.45) is 0. The molecule has 3 atom stereocenters. The van der Waals surface area contributed by atoms with Gasteiger partial charge in [0, 0.05) is 30.6 Å². The van der Waals surface area contributed by atoms with Gasteiger partial charge in [-0.3, -0.25) is 4.90 Å². The molecule has 3 aromatic rings. The molecule has 142 valence electrons. The Labute approximate surface area is 166 Å². The molecule has 6 heteroatoms. The summed E-state index contributed by atoms with van der Waals surface area (Å²) >= 11 is 0. The largest absolute Gasteiger partial charge is 0.337 e. The van der Waals surface area contributed by atoms with E-state index in [9.17, 15) is 0 Å². The van der Waals surface area contributed by atoms with Crippen molar-refractivity contribution >= 4 is 12.4 Å². The van der Waals surface area contributed by atoms with Crippen LogP contribution in [0.2, 0.25) is 0 Å². The fourth-order valence-corrected chi connectivity index (χ4v) is 3.72. The van der Waals surface area contributed by atoms with Crippen molar-refractivity contribution in [1.82, 2.24) is 15.0 Å². The predicted molar refractivity (Wildman–Crippen MR) is 109 cm³/mol. The fourth-order valence-electron chi connectivity index (χ4n) is 3.72. The second-order valence-electron chi connectivity index (χ2n) is 7.08. The molecule has 0 spiro atoms. The average Bonchev–Trinajstić information content (AvgIpc) is 3.29. The fraction of sp³-hybridized carbons (Fsp3) is 0.333. The molecular formula is C21H25ClN4O. The molecule has 0 saturated carbocycles. The topological polar surface area (TPSA) is 68.2 Å². The monoisotopic (exact) mass is 384 g/mol. The summed E-state index contributed by atoms with van der Waals surface area (Å²) in [4.78, 5) is 6.98. The van der Waals surface area contributed by atoms with Crippen LogP contribution in [0.15, 0.2) is 59.1 Å². The average molecular weight is 385 g/mol. The van der Waals surface area contributed by atoms with Gasteiger partial charge in [0.25, 0.3) is 0 Å². The molecule has 2 N–H and O–H groups in total. The molecule has 1 saturated heterocycles. The molecule has 1 fully saturated rings. The van der Waals surface area contributed by atoms with E-state index in [1.807, 2.05) is 24.3 Å². The van der Waals surface area contributed by atoms with Gasteiger partial charge >= 0.3 is 0 Å². The Balaban J connectivity index is 0.00000210. The summed E-state index contributed by atoms with van der Waals surface area (Å²) in [5.41, 5.74) is 9.87. The Morgan fingerprint density at radius 2 is 1.78 bits per heavy atom. The van der Waals surface area contributed by atoms with Crippen molar-refractivity contribution < 1.29 is 4.52 Å². The maximum Gasteiger partial charge on any atom is 0.244 e. The second kappa shape index (κ2) is 8.21. The molecule has 0 amide bonds. The molecule has 1 aromatic heterocycles. The highest BCUT2D eigenvalue weighted by Gasteiger charge is 2.35. The third-order valence-electron chi connectivity index (χ3n) is 5.35. The number of rotatable bonds is 4. The zero-order valence-electron chi connectivity index (χ0n) is 15.6. The van der Waals surface area contributed by atoms with E-state index in [0.29, 0.717) is 17.6 Å². The Morgan fingerprint density at radius 1 is 1.07 bits per heavy atom. The Morgan fingerprint density at radius 3 is 2.52 bits per heavy atom. The van der Waals surface area contributed by atoms with E-state index in [-0.39, 0.29) is 24.5 Å². The second-order valence-corrected chi connectivity index (χ2v) is 7.08. The minimum atomic E-state index is 0. The van der Waals surface area contributed by atoms with Gasteiger partial charge in [-0.2, -0.15) is 4.98 Å². The summed E-state index contributed by atoms with van der Waals surface area (Å²) < 4.78 is 5.58. The van der Waals surface area contributed by atoms with E-state index in [4.69, 9.17) is 10.3 Å². The molecule has 0 bridgehead atoms. The van der Waals surface area contributed by atoms with Gasteiger partial charge in [0.1, 0.15) is 0 Å². The lowest BCUT2D eigenvalue weighted by atomic mass is 9.95. The SMILES string of the molecule is Cc1ccccc1-c1noc(C(C)N2C[C@@H](N)[C@H](c3ccccc3)C2)n1.Cl. The first-order valence-electron chi connectivity index (χ1n) is 9.07. The van der Waals surface area contributed by atoms with Crippen LogP contribution in [0.1, 0.15) is 35.9 Å². The van der Waals surface area contributed by atoms with Gasteiger partial charge in [0.05, 0.1) is 6.04 Å². The maximum absolute atomic E-state index is 6.43. The summed E-state index contributed by atoms with van der Waals surface area (Å²) in [7, 11) is 0. The van der Waals surface area contributed by atoms with E-state index in [1.165, 1.54) is 5.56 Å². The molecule has 0 aliphatic carbocycles. The van der Waals surface area contributed by atoms with Crippen molar-refractivity contribution in [3.63, 3.8) is 0 Å². The molecule has 1 aliphatic rings. The molecule has 1 aliphatic heterocycles. The summed E-state index contributed by atoms with van der Waals surface area (Å²) in [5.74, 6) is 1.62. The number of aromatic nitrogens is 2. The minimum Gasteiger partial charge on any atom is -0.337 e. The highest BCUT2D eigenvalue weighted by atomic mass is 35.5. The first-order valence-corrected chi connectivity index (χ1v) is 9.07. The van der Waals surface area contributed by atoms with Gasteiger partial charge in [-0.15, -0.1) is 12.4 Å². The van der Waals surface area contributed by atoms with E-state index in [2.05, 4.69) is 59.2 Å². The van der Waals surface area contributed by atoms with Crippen LogP contribution in [-0.4, -0.2) is 34.2 Å². The number of nitrogens with two attached hydrogens (primary N) is 1. The first kappa shape index (κ1) is 19.5. The van der Waals surface area contributed by atoms with Gasteiger partial charge in [0.2, 0.25) is 11.7 Å². The number of aryl methyl sites for hydroxylation is 1. The molecule has 4 rings (SSSR count). The van der Waals surface area contributed by atoms with Gasteiger partial charge < -0.3 is 10.3 Å². The highest BCUT2D eigenvalue weighted by molar-refractivity contribution is 5.85. The molecule has 0 radical (unpaired) electrons. The van der Waals surface area contributed by atoms with Crippen LogP contribution in [0.5, 0.6) is 0 Å². The number of hydrogen-bond acceptors (Lipinski definition) is 5. The van der Waals surface area contributed by atoms with Crippen molar-refractivity contribution in [1.29, 1.82) is 0 Å². The lowest BCUT2D eigenvalue weighted by Gasteiger charge is -2.20. The van der Waals surface area contributed by atoms with Crippen molar-refractivity contribution in [3.05, 3.63) is 71.6 Å². The normalized spacial score (nSPS) is 21.0. The number of likely N-dealkylation sites (tertiary alicyclic amines) is 1. The summed E-state index contributed by atoms with van der Waals surface area (Å²) in [5, 5.41) is 4.19. The van der Waals surface area contributed by atoms with Gasteiger partial charge in [0.15, 0.2) is 0 Å². The van der Waals surface area contributed by atoms with Crippen LogP contribution in [-0.2, 0) is 0 Å². The van der Waals surface area contributed by atoms with E-state index in [0.717, 1.165) is 24.2 Å². The highest BCUT2D eigenvalue weighted by Crippen LogP contribution is 2.32. The van der Waals surface area contributed by atoms with Crippen LogP contribution < -0.4 is 5.73 Å². The lowest BCUT2D eigenvalue weighted by molar-refractivity contribution is 0.206. The number of nitrogens with zero attached hydrogens (tertiary/aromatic N) is 3. The van der Waals surface area contributed by atoms with Crippen molar-refractivity contribution in [2.45, 2.75) is 31.8 Å². The Kier molecular flexibility index (Phi) is 5.95. The molecule has 1 unspecified atom stereocenters. The lowest BCUT2D eigenvalue weighted by Crippen LogP contribution is -2.30. The van der Waals surface area contributed by atoms with Crippen LogP contribution >= 0.6 is 12.4 Å². The predicted octanol–water partition coefficient (Wildman–Crippen LogP) is 3.95. The van der Waals surface area contributed by atoms with Crippen LogP contribution in [0.4, 0.5) is 0 Å². The zero-order valence-corrected chi connectivity index (χ0v) is 16.4. The van der Waals surface area contributed by atoms with Crippen molar-refractivity contribution in [3.8, 4) is 11.4 Å². The number of benzene rings is 2. The third-order valence-corrected chi connectivity index (χ3v) is 5.35. The number of halogens is 1. The minimum absolute atomic E-state index is 0. The molecular weight excluding hydrogens is 360 g/mol. The van der Waals surface area contributed by atoms with E-state index in [1.54, 1.807) is 0 Å². The third kappa shape index (κ3) is 3.90. The van der Waals surface area contributed by atoms with Crippen molar-refractivity contribution in [2.24, 2.45) is 5.73 Å². The Bertz CT molecular complexity index is 883. The standard InChI is InChI=1S/C21H24N4O.ClH/c1-14-8-6-7-11-17(14)20-23-21(26-24-20)15(2)25-12-18(19(22)13-25)16-9-4-3-5-10-16;/h3-11,15,18-19H,12-13,22H2,1-2H3;1H/t15?,18-,19+;/m0./s1. The summed E-state index contributed by atoms with van der Waals surface area (Å²) in [6, 6.07) is 18.7. The molecule has 27 heavy (non-hydrogen) atoms. The number of hydrogen-bond donors (Lipinski definition) is 1. The van der Waals surface area contributed by atoms with Gasteiger partial charge in [-0.05, 0) is 25.0 Å². The maximum atomic E-state index is 6.43. The van der Waals surface area contributed by atoms with Crippen LogP contribution in [0, 0.1) is 6.92 Å². The molecule has 2 aromatic carbocycles. The van der Waals surface area contributed by atoms with Crippen LogP contribution in [0.25, 0.3) is 11.4 Å². The quantitative estimate of drug-likeness (QED) is 0.737. The van der Waals surface area contributed by atoms with Crippen LogP contribution in [0.3, 0.4) is 0 Å². The molecule has 5 nitrogen and oxygen atoms in total. The van der Waals surface area contributed by atoms with Gasteiger partial charge in [-0.1, -0.05) is 59.8 Å². The van der Waals surface area contributed by atoms with E-state index < -0.39 is 0 Å². The zero-order chi connectivity index (χ0) is 18.1. The molecule has 2 heterocycles. The van der Waals surface area contributed by atoms with E-state index >= 15 is 0 Å². The smallest absolute Gasteiger partial charge is 0.244 e. The van der Waals surface area contributed by atoms with Crippen molar-refractivity contribution in [2.75, 3.05) is 13.1 Å². The first-order chi connectivity index (χ1) is 12.6. The summed E-state index contributed by atoms with van der Waals surface area (Å²) in [6.45, 7) is 5.88.